The van der Waals surface area contributed by atoms with E-state index in [4.69, 9.17) is 0 Å². The zero-order valence-corrected chi connectivity index (χ0v) is 12.7. The molecule has 2 aromatic carbocycles. The lowest BCUT2D eigenvalue weighted by molar-refractivity contribution is 0.421. The topological polar surface area (TPSA) is 12.0 Å². The van der Waals surface area contributed by atoms with Gasteiger partial charge >= 0.3 is 0 Å². The first kappa shape index (κ1) is 14.3. The van der Waals surface area contributed by atoms with Crippen LogP contribution in [0.1, 0.15) is 43.0 Å². The van der Waals surface area contributed by atoms with Gasteiger partial charge in [0.1, 0.15) is 5.82 Å². The molecule has 2 heteroatoms. The molecule has 2 aromatic rings. The molecule has 0 saturated heterocycles. The van der Waals surface area contributed by atoms with Gasteiger partial charge in [-0.3, -0.25) is 0 Å². The van der Waals surface area contributed by atoms with E-state index in [0.717, 1.165) is 30.5 Å². The maximum Gasteiger partial charge on any atom is 0.126 e. The lowest BCUT2D eigenvalue weighted by Crippen LogP contribution is -2.34. The van der Waals surface area contributed by atoms with E-state index in [1.807, 2.05) is 12.1 Å². The van der Waals surface area contributed by atoms with Crippen LogP contribution < -0.4 is 5.32 Å². The van der Waals surface area contributed by atoms with E-state index >= 15 is 0 Å². The Morgan fingerprint density at radius 1 is 1.10 bits per heavy atom. The number of rotatable bonds is 4. The molecule has 1 nitrogen and oxygen atoms in total. The largest absolute Gasteiger partial charge is 0.309 e. The Morgan fingerprint density at radius 2 is 1.86 bits per heavy atom. The van der Waals surface area contributed by atoms with E-state index in [2.05, 4.69) is 49.5 Å². The lowest BCUT2D eigenvalue weighted by atomic mass is 9.84. The van der Waals surface area contributed by atoms with Crippen molar-refractivity contribution < 1.29 is 4.39 Å². The predicted octanol–water partition coefficient (Wildman–Crippen LogP) is 4.38. The molecule has 1 unspecified atom stereocenters. The van der Waals surface area contributed by atoms with Crippen molar-refractivity contribution in [2.45, 2.75) is 38.1 Å². The van der Waals surface area contributed by atoms with Gasteiger partial charge in [-0.2, -0.15) is 0 Å². The fourth-order valence-electron chi connectivity index (χ4n) is 3.19. The molecule has 0 radical (unpaired) electrons. The van der Waals surface area contributed by atoms with Gasteiger partial charge in [0.05, 0.1) is 0 Å². The average Bonchev–Trinajstić information content (AvgIpc) is 2.91. The predicted molar refractivity (Wildman–Crippen MR) is 84.9 cm³/mol. The molecule has 0 spiro atoms. The van der Waals surface area contributed by atoms with Crippen LogP contribution in [0.5, 0.6) is 0 Å². The maximum atomic E-state index is 13.8. The fourth-order valence-corrected chi connectivity index (χ4v) is 3.19. The van der Waals surface area contributed by atoms with Crippen LogP contribution in [0.2, 0.25) is 0 Å². The number of hydrogen-bond donors (Lipinski definition) is 1. The molecule has 0 bridgehead atoms. The molecule has 0 heterocycles. The van der Waals surface area contributed by atoms with Crippen LogP contribution in [-0.4, -0.2) is 6.54 Å². The van der Waals surface area contributed by atoms with E-state index in [1.54, 1.807) is 6.07 Å². The molecule has 0 aromatic heterocycles. The van der Waals surface area contributed by atoms with Crippen molar-refractivity contribution in [2.75, 3.05) is 6.54 Å². The van der Waals surface area contributed by atoms with Crippen LogP contribution in [-0.2, 0) is 11.8 Å². The Bertz CT molecular complexity index is 619. The lowest BCUT2D eigenvalue weighted by Gasteiger charge is -2.28. The average molecular weight is 283 g/mol. The van der Waals surface area contributed by atoms with E-state index in [0.29, 0.717) is 0 Å². The second kappa shape index (κ2) is 5.61. The molecule has 1 N–H and O–H groups in total. The second-order valence-corrected chi connectivity index (χ2v) is 6.53. The Hall–Kier alpha value is -1.67. The minimum Gasteiger partial charge on any atom is -0.309 e. The molecular formula is C19H22FN. The van der Waals surface area contributed by atoms with E-state index < -0.39 is 0 Å². The summed E-state index contributed by atoms with van der Waals surface area (Å²) in [7, 11) is 0. The third-order valence-electron chi connectivity index (χ3n) is 4.56. The molecule has 0 aliphatic heterocycles. The van der Waals surface area contributed by atoms with Crippen LogP contribution in [0.3, 0.4) is 0 Å². The van der Waals surface area contributed by atoms with Gasteiger partial charge in [0.25, 0.3) is 0 Å². The molecule has 110 valence electrons. The summed E-state index contributed by atoms with van der Waals surface area (Å²) in [6.45, 7) is 5.38. The van der Waals surface area contributed by atoms with Crippen LogP contribution in [0.25, 0.3) is 0 Å². The summed E-state index contributed by atoms with van der Waals surface area (Å²) >= 11 is 0. The summed E-state index contributed by atoms with van der Waals surface area (Å²) < 4.78 is 13.8. The van der Waals surface area contributed by atoms with Crippen molar-refractivity contribution in [3.8, 4) is 0 Å². The van der Waals surface area contributed by atoms with Gasteiger partial charge in [0.15, 0.2) is 0 Å². The van der Waals surface area contributed by atoms with Gasteiger partial charge in [-0.1, -0.05) is 56.3 Å². The third-order valence-corrected chi connectivity index (χ3v) is 4.56. The summed E-state index contributed by atoms with van der Waals surface area (Å²) in [5.74, 6) is -0.0564. The summed E-state index contributed by atoms with van der Waals surface area (Å²) in [5, 5.41) is 3.64. The molecule has 0 fully saturated rings. The van der Waals surface area contributed by atoms with E-state index in [-0.39, 0.29) is 17.3 Å². The minimum atomic E-state index is -0.0564. The number of nitrogens with one attached hydrogen (secondary N) is 1. The Morgan fingerprint density at radius 3 is 2.62 bits per heavy atom. The minimum absolute atomic E-state index is 0.0564. The van der Waals surface area contributed by atoms with Crippen molar-refractivity contribution in [1.82, 2.24) is 5.32 Å². The van der Waals surface area contributed by atoms with Gasteiger partial charge < -0.3 is 5.32 Å². The zero-order valence-electron chi connectivity index (χ0n) is 12.7. The third kappa shape index (κ3) is 2.86. The smallest absolute Gasteiger partial charge is 0.126 e. The molecule has 21 heavy (non-hydrogen) atoms. The van der Waals surface area contributed by atoms with Crippen LogP contribution in [0, 0.1) is 5.82 Å². The zero-order chi connectivity index (χ0) is 14.9. The van der Waals surface area contributed by atoms with Crippen molar-refractivity contribution in [1.29, 1.82) is 0 Å². The highest BCUT2D eigenvalue weighted by molar-refractivity contribution is 5.36. The summed E-state index contributed by atoms with van der Waals surface area (Å²) in [6.07, 6.45) is 1.83. The summed E-state index contributed by atoms with van der Waals surface area (Å²) in [6, 6.07) is 16.3. The number of fused-ring (bicyclic) bond motifs is 1. The molecule has 1 atom stereocenters. The Balaban J connectivity index is 1.71. The fraction of sp³-hybridized carbons (Fsp3) is 0.368. The first-order valence-electron chi connectivity index (χ1n) is 7.64. The molecule has 1 aliphatic carbocycles. The first-order chi connectivity index (χ1) is 10.1. The monoisotopic (exact) mass is 283 g/mol. The quantitative estimate of drug-likeness (QED) is 0.878. The number of hydrogen-bond acceptors (Lipinski definition) is 1. The van der Waals surface area contributed by atoms with Gasteiger partial charge in [0.2, 0.25) is 0 Å². The van der Waals surface area contributed by atoms with Crippen molar-refractivity contribution in [3.63, 3.8) is 0 Å². The van der Waals surface area contributed by atoms with Crippen LogP contribution in [0.15, 0.2) is 48.5 Å². The highest BCUT2D eigenvalue weighted by Crippen LogP contribution is 2.33. The van der Waals surface area contributed by atoms with E-state index in [9.17, 15) is 4.39 Å². The van der Waals surface area contributed by atoms with Gasteiger partial charge in [0, 0.05) is 18.0 Å². The SMILES string of the molecule is CC(C)(CNC1CCc2c(F)cccc21)c1ccccc1. The van der Waals surface area contributed by atoms with Gasteiger partial charge in [-0.15, -0.1) is 0 Å². The molecule has 0 saturated carbocycles. The molecular weight excluding hydrogens is 261 g/mol. The van der Waals surface area contributed by atoms with E-state index in [1.165, 1.54) is 5.56 Å². The van der Waals surface area contributed by atoms with Gasteiger partial charge in [-0.05, 0) is 35.6 Å². The van der Waals surface area contributed by atoms with Crippen LogP contribution >= 0.6 is 0 Å². The molecule has 0 amide bonds. The second-order valence-electron chi connectivity index (χ2n) is 6.53. The number of benzene rings is 2. The van der Waals surface area contributed by atoms with Gasteiger partial charge in [-0.25, -0.2) is 4.39 Å². The van der Waals surface area contributed by atoms with Crippen molar-refractivity contribution in [2.24, 2.45) is 0 Å². The Labute approximate surface area is 126 Å². The first-order valence-corrected chi connectivity index (χ1v) is 7.64. The van der Waals surface area contributed by atoms with Crippen molar-refractivity contribution >= 4 is 0 Å². The molecule has 3 rings (SSSR count). The number of halogens is 1. The molecule has 1 aliphatic rings. The van der Waals surface area contributed by atoms with Crippen LogP contribution in [0.4, 0.5) is 4.39 Å². The van der Waals surface area contributed by atoms with Crippen molar-refractivity contribution in [3.05, 3.63) is 71.0 Å². The normalized spacial score (nSPS) is 17.8. The maximum absolute atomic E-state index is 13.8. The highest BCUT2D eigenvalue weighted by atomic mass is 19.1. The summed E-state index contributed by atoms with van der Waals surface area (Å²) in [4.78, 5) is 0. The Kier molecular flexibility index (Phi) is 3.81. The standard InChI is InChI=1S/C19H22FN/c1-19(2,14-7-4-3-5-8-14)13-21-18-12-11-15-16(18)9-6-10-17(15)20/h3-10,18,21H,11-13H2,1-2H3. The summed E-state index contributed by atoms with van der Waals surface area (Å²) in [5.41, 5.74) is 3.43. The highest BCUT2D eigenvalue weighted by Gasteiger charge is 2.27.